The quantitative estimate of drug-likeness (QED) is 0.264. The average molecular weight is 553 g/mol. The number of aliphatic hydroxyl groups is 2. The fraction of sp³-hybridized carbons (Fsp3) is 0.933. The fourth-order valence-electron chi connectivity index (χ4n) is 9.95. The average Bonchev–Trinajstić information content (AvgIpc) is 3.06. The molecule has 2 N–H and O–H groups in total. The third kappa shape index (κ3) is 4.11. The third-order valence-corrected chi connectivity index (χ3v) is 12.6. The summed E-state index contributed by atoms with van der Waals surface area (Å²) in [6.45, 7) is 13.4. The fourth-order valence-corrected chi connectivity index (χ4v) is 9.95. The summed E-state index contributed by atoms with van der Waals surface area (Å²) in [5, 5.41) is 20.3. The highest BCUT2D eigenvalue weighted by molar-refractivity contribution is 5.38. The smallest absolute Gasteiger partial charge is 0.393 e. The monoisotopic (exact) mass is 552 g/mol. The molecule has 4 aliphatic rings. The summed E-state index contributed by atoms with van der Waals surface area (Å²) in [6, 6.07) is 0. The van der Waals surface area contributed by atoms with Gasteiger partial charge in [0.25, 0.3) is 5.60 Å². The molecular formula is C30H46F6O2. The van der Waals surface area contributed by atoms with Crippen LogP contribution in [0, 0.1) is 39.4 Å². The van der Waals surface area contributed by atoms with Crippen LogP contribution in [0.25, 0.3) is 0 Å². The van der Waals surface area contributed by atoms with Gasteiger partial charge in [0.2, 0.25) is 0 Å². The highest BCUT2D eigenvalue weighted by Crippen LogP contribution is 2.72. The van der Waals surface area contributed by atoms with E-state index in [4.69, 9.17) is 0 Å². The molecule has 0 aromatic carbocycles. The topological polar surface area (TPSA) is 40.5 Å². The van der Waals surface area contributed by atoms with Crippen molar-refractivity contribution in [1.82, 2.24) is 0 Å². The molecule has 0 aliphatic heterocycles. The van der Waals surface area contributed by atoms with E-state index in [0.717, 1.165) is 51.4 Å². The van der Waals surface area contributed by atoms with Gasteiger partial charge < -0.3 is 10.2 Å². The molecule has 0 heterocycles. The first-order valence-corrected chi connectivity index (χ1v) is 14.4. The Hall–Kier alpha value is -0.760. The zero-order valence-corrected chi connectivity index (χ0v) is 23.7. The molecule has 2 fully saturated rings. The molecule has 4 rings (SSSR count). The maximum Gasteiger partial charge on any atom is 0.426 e. The highest BCUT2D eigenvalue weighted by Gasteiger charge is 2.70. The molecule has 38 heavy (non-hydrogen) atoms. The molecule has 0 bridgehead atoms. The summed E-state index contributed by atoms with van der Waals surface area (Å²) in [7, 11) is 0. The van der Waals surface area contributed by atoms with Gasteiger partial charge in [0.1, 0.15) is 0 Å². The lowest BCUT2D eigenvalue weighted by Gasteiger charge is -2.62. The molecule has 7 atom stereocenters. The number of halogens is 6. The Morgan fingerprint density at radius 1 is 0.842 bits per heavy atom. The van der Waals surface area contributed by atoms with E-state index in [2.05, 4.69) is 34.6 Å². The van der Waals surface area contributed by atoms with Crippen LogP contribution in [0.1, 0.15) is 112 Å². The molecule has 0 aromatic rings. The van der Waals surface area contributed by atoms with Crippen molar-refractivity contribution in [3.05, 3.63) is 11.1 Å². The Kier molecular flexibility index (Phi) is 7.25. The van der Waals surface area contributed by atoms with Crippen molar-refractivity contribution in [1.29, 1.82) is 0 Å². The van der Waals surface area contributed by atoms with E-state index in [1.54, 1.807) is 11.1 Å². The molecule has 0 spiro atoms. The second-order valence-electron chi connectivity index (χ2n) is 14.5. The summed E-state index contributed by atoms with van der Waals surface area (Å²) in [4.78, 5) is 0. The van der Waals surface area contributed by atoms with Gasteiger partial charge in [-0.25, -0.2) is 0 Å². The number of rotatable bonds is 5. The van der Waals surface area contributed by atoms with E-state index >= 15 is 0 Å². The lowest BCUT2D eigenvalue weighted by molar-refractivity contribution is -0.370. The van der Waals surface area contributed by atoms with Gasteiger partial charge in [-0.2, -0.15) is 26.3 Å². The number of allylic oxidation sites excluding steroid dienone is 2. The van der Waals surface area contributed by atoms with Gasteiger partial charge in [-0.1, -0.05) is 59.1 Å². The minimum absolute atomic E-state index is 0.0353. The van der Waals surface area contributed by atoms with E-state index in [1.807, 2.05) is 6.92 Å². The van der Waals surface area contributed by atoms with Gasteiger partial charge in [0.05, 0.1) is 6.10 Å². The summed E-state index contributed by atoms with van der Waals surface area (Å²) in [5.74, 6) is 0.592. The first-order chi connectivity index (χ1) is 17.2. The van der Waals surface area contributed by atoms with Crippen LogP contribution in [0.4, 0.5) is 26.3 Å². The Balaban J connectivity index is 1.54. The summed E-state index contributed by atoms with van der Waals surface area (Å²) in [6.07, 6.45) is -5.59. The van der Waals surface area contributed by atoms with E-state index < -0.39 is 24.4 Å². The van der Waals surface area contributed by atoms with Crippen LogP contribution in [0.5, 0.6) is 0 Å². The predicted molar refractivity (Wildman–Crippen MR) is 135 cm³/mol. The van der Waals surface area contributed by atoms with Crippen molar-refractivity contribution in [3.8, 4) is 0 Å². The van der Waals surface area contributed by atoms with Crippen molar-refractivity contribution < 1.29 is 36.6 Å². The van der Waals surface area contributed by atoms with Crippen LogP contribution in [0.2, 0.25) is 0 Å². The lowest BCUT2D eigenvalue weighted by atomic mass is 9.43. The minimum Gasteiger partial charge on any atom is -0.393 e. The molecule has 220 valence electrons. The highest BCUT2D eigenvalue weighted by atomic mass is 19.4. The molecule has 0 aromatic heterocycles. The molecule has 0 unspecified atom stereocenters. The van der Waals surface area contributed by atoms with Crippen LogP contribution in [0.3, 0.4) is 0 Å². The maximum atomic E-state index is 13.1. The van der Waals surface area contributed by atoms with Crippen molar-refractivity contribution in [2.45, 2.75) is 136 Å². The van der Waals surface area contributed by atoms with Crippen LogP contribution in [0.15, 0.2) is 11.1 Å². The largest absolute Gasteiger partial charge is 0.426 e. The van der Waals surface area contributed by atoms with E-state index in [9.17, 15) is 36.6 Å². The lowest BCUT2D eigenvalue weighted by Crippen LogP contribution is -2.56. The second-order valence-corrected chi connectivity index (χ2v) is 14.5. The summed E-state index contributed by atoms with van der Waals surface area (Å²) in [5.41, 5.74) is -1.72. The van der Waals surface area contributed by atoms with Gasteiger partial charge >= 0.3 is 12.4 Å². The Bertz CT molecular complexity index is 937. The number of hydrogen-bond donors (Lipinski definition) is 2. The molecule has 0 amide bonds. The van der Waals surface area contributed by atoms with Crippen LogP contribution < -0.4 is 0 Å². The first-order valence-electron chi connectivity index (χ1n) is 14.4. The SMILES string of the molecule is C[C@H](CCCC(O)(C(F)(F)F)C(F)(F)F)[C@H]1CC[C@@]2(C)C3=C(CC[C@]12C)[C@@]1(C)CC[C@H](O)C(C)(C)[C@@H]1CC3. The molecule has 0 radical (unpaired) electrons. The van der Waals surface area contributed by atoms with E-state index in [0.29, 0.717) is 5.92 Å². The zero-order chi connectivity index (χ0) is 28.7. The normalized spacial score (nSPS) is 40.4. The molecule has 4 aliphatic carbocycles. The summed E-state index contributed by atoms with van der Waals surface area (Å²) < 4.78 is 78.9. The Morgan fingerprint density at radius 3 is 2.03 bits per heavy atom. The first kappa shape index (κ1) is 30.2. The molecular weight excluding hydrogens is 506 g/mol. The van der Waals surface area contributed by atoms with Crippen molar-refractivity contribution in [2.75, 3.05) is 0 Å². The Morgan fingerprint density at radius 2 is 1.45 bits per heavy atom. The van der Waals surface area contributed by atoms with Crippen molar-refractivity contribution >= 4 is 0 Å². The molecule has 8 heteroatoms. The zero-order valence-electron chi connectivity index (χ0n) is 23.7. The molecule has 2 saturated carbocycles. The minimum atomic E-state index is -5.75. The van der Waals surface area contributed by atoms with Gasteiger partial charge in [0.15, 0.2) is 0 Å². The summed E-state index contributed by atoms with van der Waals surface area (Å²) >= 11 is 0. The van der Waals surface area contributed by atoms with Crippen molar-refractivity contribution in [3.63, 3.8) is 0 Å². The standard InChI is InChI=1S/C30H46F6O2/c1-18(8-7-14-28(38,29(31,32)33)30(34,35)36)19-11-16-27(6)21-9-10-22-24(2,3)23(37)13-15-25(22,4)20(21)12-17-26(19,27)5/h18-19,22-23,37-38H,7-17H2,1-6H3/t18-,19-,22+,23+,25-,26-,27+/m1/s1. The number of hydrogen-bond acceptors (Lipinski definition) is 2. The van der Waals surface area contributed by atoms with E-state index in [-0.39, 0.29) is 52.4 Å². The maximum absolute atomic E-state index is 13.1. The predicted octanol–water partition coefficient (Wildman–Crippen LogP) is 8.76. The molecule has 0 saturated heterocycles. The van der Waals surface area contributed by atoms with Gasteiger partial charge in [-0.15, -0.1) is 0 Å². The van der Waals surface area contributed by atoms with Crippen LogP contribution in [-0.2, 0) is 0 Å². The van der Waals surface area contributed by atoms with Crippen molar-refractivity contribution in [2.24, 2.45) is 39.4 Å². The number of alkyl halides is 6. The number of aliphatic hydroxyl groups excluding tert-OH is 1. The van der Waals surface area contributed by atoms with E-state index in [1.165, 1.54) is 0 Å². The van der Waals surface area contributed by atoms with Crippen LogP contribution >= 0.6 is 0 Å². The number of fused-ring (bicyclic) bond motifs is 4. The van der Waals surface area contributed by atoms with Crippen LogP contribution in [-0.4, -0.2) is 34.3 Å². The molecule has 2 nitrogen and oxygen atoms in total. The Labute approximate surface area is 223 Å². The second kappa shape index (κ2) is 9.12. The van der Waals surface area contributed by atoms with Gasteiger partial charge in [-0.05, 0) is 104 Å². The third-order valence-electron chi connectivity index (χ3n) is 12.6. The van der Waals surface area contributed by atoms with Gasteiger partial charge in [0, 0.05) is 0 Å². The van der Waals surface area contributed by atoms with Gasteiger partial charge in [-0.3, -0.25) is 0 Å².